The van der Waals surface area contributed by atoms with Crippen molar-refractivity contribution in [3.63, 3.8) is 0 Å². The molecular formula is C22H19N5O3. The van der Waals surface area contributed by atoms with E-state index in [4.69, 9.17) is 4.74 Å². The van der Waals surface area contributed by atoms with Crippen LogP contribution in [0.3, 0.4) is 0 Å². The Kier molecular flexibility index (Phi) is 5.21. The molecule has 2 heterocycles. The summed E-state index contributed by atoms with van der Waals surface area (Å²) >= 11 is 0. The van der Waals surface area contributed by atoms with E-state index in [9.17, 15) is 4.79 Å². The Hall–Kier alpha value is -4.07. The van der Waals surface area contributed by atoms with Gasteiger partial charge in [0.05, 0.1) is 25.0 Å². The minimum atomic E-state index is -0.547. The topological polar surface area (TPSA) is 90.3 Å². The zero-order chi connectivity index (χ0) is 21.1. The Morgan fingerprint density at radius 2 is 1.73 bits per heavy atom. The molecule has 4 aromatic rings. The molecule has 0 unspecified atom stereocenters. The molecule has 0 aliphatic rings. The first-order valence-corrected chi connectivity index (χ1v) is 9.20. The van der Waals surface area contributed by atoms with Crippen molar-refractivity contribution in [2.45, 2.75) is 6.92 Å². The molecule has 0 amide bonds. The predicted molar refractivity (Wildman–Crippen MR) is 112 cm³/mol. The molecule has 8 heteroatoms. The summed E-state index contributed by atoms with van der Waals surface area (Å²) in [6, 6.07) is 15.4. The lowest BCUT2D eigenvalue weighted by Gasteiger charge is -2.20. The number of esters is 1. The van der Waals surface area contributed by atoms with Gasteiger partial charge in [-0.3, -0.25) is 0 Å². The Bertz CT molecular complexity index is 1190. The minimum absolute atomic E-state index is 0.120. The van der Waals surface area contributed by atoms with Crippen LogP contribution in [0.1, 0.15) is 16.3 Å². The number of aryl methyl sites for hydroxylation is 1. The van der Waals surface area contributed by atoms with E-state index in [1.165, 1.54) is 19.5 Å². The van der Waals surface area contributed by atoms with Crippen LogP contribution in [-0.2, 0) is 4.74 Å². The van der Waals surface area contributed by atoms with Crippen LogP contribution in [0.5, 0.6) is 11.6 Å². The molecule has 0 bridgehead atoms. The van der Waals surface area contributed by atoms with Gasteiger partial charge >= 0.3 is 5.97 Å². The molecule has 0 radical (unpaired) electrons. The van der Waals surface area contributed by atoms with E-state index in [0.717, 1.165) is 22.4 Å². The van der Waals surface area contributed by atoms with E-state index >= 15 is 0 Å². The Morgan fingerprint density at radius 1 is 0.967 bits per heavy atom. The lowest BCUT2D eigenvalue weighted by atomic mass is 10.2. The number of para-hydroxylation sites is 1. The number of nitrogens with zero attached hydrogens (tertiary/aromatic N) is 5. The molecule has 0 spiro atoms. The van der Waals surface area contributed by atoms with Crippen LogP contribution < -0.4 is 9.64 Å². The van der Waals surface area contributed by atoms with Crippen LogP contribution in [0.25, 0.3) is 10.9 Å². The molecule has 0 aliphatic heterocycles. The number of hydrogen-bond donors (Lipinski definition) is 0. The van der Waals surface area contributed by atoms with Gasteiger partial charge in [-0.2, -0.15) is 0 Å². The summed E-state index contributed by atoms with van der Waals surface area (Å²) in [5.74, 6) is 1.87. The number of anilines is 2. The maximum Gasteiger partial charge on any atom is 0.358 e. The Morgan fingerprint density at radius 3 is 2.43 bits per heavy atom. The van der Waals surface area contributed by atoms with E-state index in [1.54, 1.807) is 0 Å². The molecule has 0 fully saturated rings. The average Bonchev–Trinajstić information content (AvgIpc) is 2.78. The molecule has 2 aromatic carbocycles. The fourth-order valence-corrected chi connectivity index (χ4v) is 2.99. The quantitative estimate of drug-likeness (QED) is 0.462. The van der Waals surface area contributed by atoms with Crippen molar-refractivity contribution in [3.05, 3.63) is 72.4 Å². The second kappa shape index (κ2) is 8.12. The van der Waals surface area contributed by atoms with E-state index < -0.39 is 5.97 Å². The number of hydrogen-bond acceptors (Lipinski definition) is 8. The first kappa shape index (κ1) is 19.3. The van der Waals surface area contributed by atoms with Crippen molar-refractivity contribution < 1.29 is 14.3 Å². The highest BCUT2D eigenvalue weighted by atomic mass is 16.5. The van der Waals surface area contributed by atoms with Crippen molar-refractivity contribution in [2.75, 3.05) is 19.1 Å². The standard InChI is InChI=1S/C22H19N5O3/c1-14-25-18-7-5-4-6-17(18)21(26-14)27(2)15-8-10-16(11-9-15)30-20-13-23-19(12-24-20)22(28)29-3/h4-13H,1-3H3. The minimum Gasteiger partial charge on any atom is -0.464 e. The lowest BCUT2D eigenvalue weighted by Crippen LogP contribution is -2.12. The number of carbonyl (C=O) groups is 1. The molecule has 0 saturated heterocycles. The fourth-order valence-electron chi connectivity index (χ4n) is 2.99. The van der Waals surface area contributed by atoms with Gasteiger partial charge in [0, 0.05) is 18.1 Å². The number of ether oxygens (including phenoxy) is 2. The molecule has 150 valence electrons. The predicted octanol–water partition coefficient (Wildman–Crippen LogP) is 4.08. The van der Waals surface area contributed by atoms with Crippen LogP contribution in [0.2, 0.25) is 0 Å². The summed E-state index contributed by atoms with van der Waals surface area (Å²) in [7, 11) is 3.25. The van der Waals surface area contributed by atoms with Gasteiger partial charge in [-0.15, -0.1) is 0 Å². The first-order valence-electron chi connectivity index (χ1n) is 9.20. The largest absolute Gasteiger partial charge is 0.464 e. The van der Waals surface area contributed by atoms with E-state index in [-0.39, 0.29) is 11.6 Å². The Labute approximate surface area is 173 Å². The summed E-state index contributed by atoms with van der Waals surface area (Å²) < 4.78 is 10.3. The van der Waals surface area contributed by atoms with Crippen molar-refractivity contribution in [1.82, 2.24) is 19.9 Å². The van der Waals surface area contributed by atoms with Crippen LogP contribution in [-0.4, -0.2) is 40.1 Å². The second-order valence-corrected chi connectivity index (χ2v) is 6.50. The highest BCUT2D eigenvalue weighted by Gasteiger charge is 2.12. The molecular weight excluding hydrogens is 382 g/mol. The van der Waals surface area contributed by atoms with Crippen LogP contribution >= 0.6 is 0 Å². The van der Waals surface area contributed by atoms with Gasteiger partial charge in [0.15, 0.2) is 5.69 Å². The second-order valence-electron chi connectivity index (χ2n) is 6.50. The molecule has 30 heavy (non-hydrogen) atoms. The van der Waals surface area contributed by atoms with E-state index in [0.29, 0.717) is 11.6 Å². The third-order valence-corrected chi connectivity index (χ3v) is 4.48. The van der Waals surface area contributed by atoms with Gasteiger partial charge in [0.1, 0.15) is 17.4 Å². The molecule has 4 rings (SSSR count). The van der Waals surface area contributed by atoms with Gasteiger partial charge in [-0.25, -0.2) is 24.7 Å². The van der Waals surface area contributed by atoms with Crippen LogP contribution in [0.4, 0.5) is 11.5 Å². The number of fused-ring (bicyclic) bond motifs is 1. The molecule has 8 nitrogen and oxygen atoms in total. The average molecular weight is 401 g/mol. The highest BCUT2D eigenvalue weighted by molar-refractivity contribution is 5.91. The summed E-state index contributed by atoms with van der Waals surface area (Å²) in [4.78, 5) is 30.6. The van der Waals surface area contributed by atoms with Gasteiger partial charge in [0.25, 0.3) is 0 Å². The van der Waals surface area contributed by atoms with E-state index in [1.807, 2.05) is 67.4 Å². The smallest absolute Gasteiger partial charge is 0.358 e. The van der Waals surface area contributed by atoms with Gasteiger partial charge in [-0.1, -0.05) is 12.1 Å². The number of carbonyl (C=O) groups excluding carboxylic acids is 1. The van der Waals surface area contributed by atoms with Gasteiger partial charge in [-0.05, 0) is 43.3 Å². The summed E-state index contributed by atoms with van der Waals surface area (Å²) in [5, 5.41) is 0.979. The maximum absolute atomic E-state index is 11.4. The number of benzene rings is 2. The molecule has 2 aromatic heterocycles. The third kappa shape index (κ3) is 3.88. The number of rotatable bonds is 5. The van der Waals surface area contributed by atoms with Crippen LogP contribution in [0, 0.1) is 6.92 Å². The maximum atomic E-state index is 11.4. The highest BCUT2D eigenvalue weighted by Crippen LogP contribution is 2.30. The fraction of sp³-hybridized carbons (Fsp3) is 0.136. The van der Waals surface area contributed by atoms with Crippen molar-refractivity contribution >= 4 is 28.4 Å². The number of aromatic nitrogens is 4. The zero-order valence-corrected chi connectivity index (χ0v) is 16.7. The SMILES string of the molecule is COC(=O)c1cnc(Oc2ccc(N(C)c3nc(C)nc4ccccc34)cc2)cn1. The normalized spacial score (nSPS) is 10.6. The van der Waals surface area contributed by atoms with E-state index in [2.05, 4.69) is 24.7 Å². The number of methoxy groups -OCH3 is 1. The van der Waals surface area contributed by atoms with Crippen molar-refractivity contribution in [1.29, 1.82) is 0 Å². The van der Waals surface area contributed by atoms with Crippen LogP contribution in [0.15, 0.2) is 60.9 Å². The Balaban J connectivity index is 1.54. The molecule has 0 N–H and O–H groups in total. The lowest BCUT2D eigenvalue weighted by molar-refractivity contribution is 0.0593. The summed E-state index contributed by atoms with van der Waals surface area (Å²) in [6.45, 7) is 1.88. The van der Waals surface area contributed by atoms with Gasteiger partial charge in [0.2, 0.25) is 5.88 Å². The molecule has 0 atom stereocenters. The van der Waals surface area contributed by atoms with Crippen molar-refractivity contribution in [3.8, 4) is 11.6 Å². The van der Waals surface area contributed by atoms with Gasteiger partial charge < -0.3 is 14.4 Å². The zero-order valence-electron chi connectivity index (χ0n) is 16.7. The molecule has 0 saturated carbocycles. The monoisotopic (exact) mass is 401 g/mol. The first-order chi connectivity index (χ1) is 14.5. The molecule has 0 aliphatic carbocycles. The van der Waals surface area contributed by atoms with Crippen molar-refractivity contribution in [2.24, 2.45) is 0 Å². The summed E-state index contributed by atoms with van der Waals surface area (Å²) in [5.41, 5.74) is 1.97. The summed E-state index contributed by atoms with van der Waals surface area (Å²) in [6.07, 6.45) is 2.69. The third-order valence-electron chi connectivity index (χ3n) is 4.48.